The number of piperazine rings is 1. The summed E-state index contributed by atoms with van der Waals surface area (Å²) in [6.45, 7) is 10.0. The number of rotatable bonds is 6. The predicted molar refractivity (Wildman–Crippen MR) is 68.2 cm³/mol. The molecule has 0 radical (unpaired) electrons. The van der Waals surface area contributed by atoms with E-state index in [9.17, 15) is 4.79 Å². The van der Waals surface area contributed by atoms with Gasteiger partial charge in [-0.05, 0) is 14.0 Å². The lowest BCUT2D eigenvalue weighted by Crippen LogP contribution is -2.47. The molecule has 2 atom stereocenters. The van der Waals surface area contributed by atoms with Gasteiger partial charge in [-0.25, -0.2) is 0 Å². The third kappa shape index (κ3) is 4.61. The van der Waals surface area contributed by atoms with E-state index in [4.69, 9.17) is 5.11 Å². The number of carboxylic acid groups (broad SMARTS) is 1. The second-order valence-corrected chi connectivity index (χ2v) is 4.94. The average molecular weight is 243 g/mol. The minimum Gasteiger partial charge on any atom is -0.481 e. The van der Waals surface area contributed by atoms with Crippen molar-refractivity contribution in [2.45, 2.75) is 19.9 Å². The molecule has 0 saturated carbocycles. The van der Waals surface area contributed by atoms with Crippen LogP contribution in [0, 0.1) is 5.92 Å². The van der Waals surface area contributed by atoms with Crippen molar-refractivity contribution in [3.63, 3.8) is 0 Å². The Hall–Kier alpha value is -0.650. The number of carbonyl (C=O) groups is 1. The maximum absolute atomic E-state index is 10.9. The first-order chi connectivity index (χ1) is 8.02. The molecule has 1 heterocycles. The lowest BCUT2D eigenvalue weighted by atomic mass is 10.0. The summed E-state index contributed by atoms with van der Waals surface area (Å²) >= 11 is 0. The standard InChI is InChI=1S/C12H25N3O2/c1-10(12(16)17)11(2)14(3)8-9-15-6-4-13-5-7-15/h10-11,13H,4-9H2,1-3H3,(H,16,17). The molecule has 0 spiro atoms. The largest absolute Gasteiger partial charge is 0.481 e. The van der Waals surface area contributed by atoms with E-state index >= 15 is 0 Å². The van der Waals surface area contributed by atoms with Gasteiger partial charge in [0.1, 0.15) is 0 Å². The van der Waals surface area contributed by atoms with E-state index in [1.807, 2.05) is 14.0 Å². The summed E-state index contributed by atoms with van der Waals surface area (Å²) in [5.74, 6) is -1.03. The smallest absolute Gasteiger partial charge is 0.307 e. The molecule has 0 aliphatic carbocycles. The number of carboxylic acids is 1. The van der Waals surface area contributed by atoms with Gasteiger partial charge in [0.2, 0.25) is 0 Å². The maximum Gasteiger partial charge on any atom is 0.307 e. The van der Waals surface area contributed by atoms with Crippen LogP contribution in [0.5, 0.6) is 0 Å². The van der Waals surface area contributed by atoms with E-state index in [1.54, 1.807) is 6.92 Å². The van der Waals surface area contributed by atoms with Crippen LogP contribution in [0.2, 0.25) is 0 Å². The molecule has 0 aromatic heterocycles. The molecular formula is C12H25N3O2. The van der Waals surface area contributed by atoms with Gasteiger partial charge in [-0.3, -0.25) is 9.69 Å². The fraction of sp³-hybridized carbons (Fsp3) is 0.917. The Morgan fingerprint density at radius 2 is 2.00 bits per heavy atom. The SMILES string of the molecule is CC(C(=O)O)C(C)N(C)CCN1CCNCC1. The van der Waals surface area contributed by atoms with E-state index in [1.165, 1.54) is 0 Å². The Morgan fingerprint density at radius 3 is 2.53 bits per heavy atom. The monoisotopic (exact) mass is 243 g/mol. The lowest BCUT2D eigenvalue weighted by Gasteiger charge is -2.32. The number of hydrogen-bond acceptors (Lipinski definition) is 4. The lowest BCUT2D eigenvalue weighted by molar-refractivity contribution is -0.143. The van der Waals surface area contributed by atoms with Crippen molar-refractivity contribution in [3.05, 3.63) is 0 Å². The molecule has 1 aliphatic rings. The molecule has 0 aromatic rings. The van der Waals surface area contributed by atoms with Crippen molar-refractivity contribution in [3.8, 4) is 0 Å². The van der Waals surface area contributed by atoms with Gasteiger partial charge < -0.3 is 15.3 Å². The Morgan fingerprint density at radius 1 is 1.41 bits per heavy atom. The first kappa shape index (κ1) is 14.4. The van der Waals surface area contributed by atoms with E-state index in [0.717, 1.165) is 39.3 Å². The summed E-state index contributed by atoms with van der Waals surface area (Å²) < 4.78 is 0. The van der Waals surface area contributed by atoms with Crippen LogP contribution in [-0.4, -0.2) is 73.2 Å². The van der Waals surface area contributed by atoms with Crippen LogP contribution in [0.4, 0.5) is 0 Å². The molecule has 1 fully saturated rings. The third-order valence-electron chi connectivity index (χ3n) is 3.79. The Balaban J connectivity index is 2.27. The Labute approximate surface area is 104 Å². The fourth-order valence-electron chi connectivity index (χ4n) is 2.03. The van der Waals surface area contributed by atoms with Crippen LogP contribution in [0.15, 0.2) is 0 Å². The molecule has 2 unspecified atom stereocenters. The summed E-state index contributed by atoms with van der Waals surface area (Å²) in [5, 5.41) is 12.3. The molecule has 100 valence electrons. The number of hydrogen-bond donors (Lipinski definition) is 2. The second-order valence-electron chi connectivity index (χ2n) is 4.94. The molecule has 17 heavy (non-hydrogen) atoms. The Kier molecular flexibility index (Phi) is 5.88. The van der Waals surface area contributed by atoms with Gasteiger partial charge in [-0.15, -0.1) is 0 Å². The van der Waals surface area contributed by atoms with Crippen molar-refractivity contribution in [2.24, 2.45) is 5.92 Å². The zero-order valence-corrected chi connectivity index (χ0v) is 11.1. The van der Waals surface area contributed by atoms with Crippen LogP contribution in [0.1, 0.15) is 13.8 Å². The quantitative estimate of drug-likeness (QED) is 0.684. The minimum atomic E-state index is -0.716. The zero-order valence-electron chi connectivity index (χ0n) is 11.1. The van der Waals surface area contributed by atoms with Crippen molar-refractivity contribution in [1.82, 2.24) is 15.1 Å². The highest BCUT2D eigenvalue weighted by atomic mass is 16.4. The molecule has 0 amide bonds. The van der Waals surface area contributed by atoms with Crippen LogP contribution in [-0.2, 0) is 4.79 Å². The summed E-state index contributed by atoms with van der Waals surface area (Å²) in [4.78, 5) is 15.5. The van der Waals surface area contributed by atoms with Gasteiger partial charge in [0, 0.05) is 45.3 Å². The maximum atomic E-state index is 10.9. The molecular weight excluding hydrogens is 218 g/mol. The van der Waals surface area contributed by atoms with E-state index in [-0.39, 0.29) is 12.0 Å². The molecule has 2 N–H and O–H groups in total. The van der Waals surface area contributed by atoms with Crippen LogP contribution in [0.3, 0.4) is 0 Å². The number of nitrogens with one attached hydrogen (secondary N) is 1. The summed E-state index contributed by atoms with van der Waals surface area (Å²) in [6.07, 6.45) is 0. The van der Waals surface area contributed by atoms with Gasteiger partial charge in [0.05, 0.1) is 5.92 Å². The highest BCUT2D eigenvalue weighted by molar-refractivity contribution is 5.70. The van der Waals surface area contributed by atoms with Crippen molar-refractivity contribution >= 4 is 5.97 Å². The number of aliphatic carboxylic acids is 1. The first-order valence-electron chi connectivity index (χ1n) is 6.38. The third-order valence-corrected chi connectivity index (χ3v) is 3.79. The van der Waals surface area contributed by atoms with Gasteiger partial charge in [0.25, 0.3) is 0 Å². The molecule has 1 rings (SSSR count). The van der Waals surface area contributed by atoms with Gasteiger partial charge in [-0.1, -0.05) is 6.92 Å². The average Bonchev–Trinajstić information content (AvgIpc) is 2.35. The normalized spacial score (nSPS) is 21.4. The first-order valence-corrected chi connectivity index (χ1v) is 6.38. The molecule has 1 aliphatic heterocycles. The number of likely N-dealkylation sites (N-methyl/N-ethyl adjacent to an activating group) is 1. The highest BCUT2D eigenvalue weighted by Crippen LogP contribution is 2.09. The van der Waals surface area contributed by atoms with Crippen molar-refractivity contribution < 1.29 is 9.90 Å². The fourth-order valence-corrected chi connectivity index (χ4v) is 2.03. The van der Waals surface area contributed by atoms with E-state index in [2.05, 4.69) is 15.1 Å². The van der Waals surface area contributed by atoms with Crippen LogP contribution in [0.25, 0.3) is 0 Å². The van der Waals surface area contributed by atoms with Crippen LogP contribution >= 0.6 is 0 Å². The number of nitrogens with zero attached hydrogens (tertiary/aromatic N) is 2. The molecule has 1 saturated heterocycles. The zero-order chi connectivity index (χ0) is 12.8. The van der Waals surface area contributed by atoms with Crippen LogP contribution < -0.4 is 5.32 Å². The molecule has 0 aromatic carbocycles. The minimum absolute atomic E-state index is 0.0791. The summed E-state index contributed by atoms with van der Waals surface area (Å²) in [5.41, 5.74) is 0. The Bertz CT molecular complexity index is 242. The summed E-state index contributed by atoms with van der Waals surface area (Å²) in [7, 11) is 2.01. The molecule has 0 bridgehead atoms. The molecule has 5 nitrogen and oxygen atoms in total. The van der Waals surface area contributed by atoms with E-state index in [0.29, 0.717) is 0 Å². The summed E-state index contributed by atoms with van der Waals surface area (Å²) in [6, 6.07) is 0.0791. The van der Waals surface area contributed by atoms with E-state index < -0.39 is 5.97 Å². The van der Waals surface area contributed by atoms with Gasteiger partial charge in [-0.2, -0.15) is 0 Å². The van der Waals surface area contributed by atoms with Gasteiger partial charge >= 0.3 is 5.97 Å². The predicted octanol–water partition coefficient (Wildman–Crippen LogP) is -0.0674. The topological polar surface area (TPSA) is 55.8 Å². The second kappa shape index (κ2) is 6.93. The van der Waals surface area contributed by atoms with Gasteiger partial charge in [0.15, 0.2) is 0 Å². The molecule has 5 heteroatoms. The van der Waals surface area contributed by atoms with Crippen molar-refractivity contribution in [1.29, 1.82) is 0 Å². The highest BCUT2D eigenvalue weighted by Gasteiger charge is 2.23. The van der Waals surface area contributed by atoms with Crippen molar-refractivity contribution in [2.75, 3.05) is 46.3 Å².